The van der Waals surface area contributed by atoms with Crippen molar-refractivity contribution in [3.63, 3.8) is 0 Å². The number of hydrogen-bond donors (Lipinski definition) is 0. The Hall–Kier alpha value is -0.190. The average Bonchev–Trinajstić information content (AvgIpc) is 2.36. The van der Waals surface area contributed by atoms with Gasteiger partial charge < -0.3 is 9.05 Å². The second-order valence-electron chi connectivity index (χ2n) is 3.32. The Kier molecular flexibility index (Phi) is 5.83. The summed E-state index contributed by atoms with van der Waals surface area (Å²) in [7, 11) is 3.03. The molecular weight excluding hydrogens is 275 g/mol. The molecule has 0 fully saturated rings. The van der Waals surface area contributed by atoms with Crippen LogP contribution in [0.5, 0.6) is 0 Å². The van der Waals surface area contributed by atoms with Gasteiger partial charge in [0.1, 0.15) is 5.78 Å². The molecule has 0 radical (unpaired) electrons. The van der Waals surface area contributed by atoms with E-state index in [9.17, 15) is 4.79 Å². The molecule has 6 heteroatoms. The van der Waals surface area contributed by atoms with Gasteiger partial charge in [0.25, 0.3) is 0 Å². The highest BCUT2D eigenvalue weighted by Crippen LogP contribution is 2.65. The number of ketones is 1. The number of carbonyl (C=O) groups excluding carboxylic acids is 1. The van der Waals surface area contributed by atoms with Crippen LogP contribution in [-0.2, 0) is 25.6 Å². The van der Waals surface area contributed by atoms with Crippen molar-refractivity contribution in [2.45, 2.75) is 12.2 Å². The van der Waals surface area contributed by atoms with Gasteiger partial charge in [0.05, 0.1) is 5.25 Å². The van der Waals surface area contributed by atoms with Crippen molar-refractivity contribution in [2.24, 2.45) is 0 Å². The molecule has 0 N–H and O–H groups in total. The van der Waals surface area contributed by atoms with Gasteiger partial charge in [-0.15, -0.1) is 0 Å². The highest BCUT2D eigenvalue weighted by Gasteiger charge is 2.27. The van der Waals surface area contributed by atoms with Crippen LogP contribution in [0.4, 0.5) is 0 Å². The predicted octanol–water partition coefficient (Wildman–Crippen LogP) is 3.57. The molecule has 1 aromatic rings. The summed E-state index contributed by atoms with van der Waals surface area (Å²) in [5, 5.41) is -0.332. The Bertz CT molecular complexity index is 414. The Morgan fingerprint density at radius 2 is 1.82 bits per heavy atom. The fraction of sp³-hybridized carbons (Fsp3) is 0.364. The molecule has 1 atom stereocenters. The third-order valence-corrected chi connectivity index (χ3v) is 8.09. The minimum Gasteiger partial charge on any atom is -0.325 e. The van der Waals surface area contributed by atoms with Crippen LogP contribution >= 0.6 is 17.1 Å². The van der Waals surface area contributed by atoms with Crippen LogP contribution in [0.25, 0.3) is 0 Å². The number of Topliss-reactive ketones (excluding diaryl/α,β-unsaturated/α-hetero) is 1. The summed E-state index contributed by atoms with van der Waals surface area (Å²) in [4.78, 5) is 11.7. The zero-order valence-corrected chi connectivity index (χ0v) is 12.5. The third kappa shape index (κ3) is 4.19. The summed E-state index contributed by atoms with van der Waals surface area (Å²) < 4.78 is 10.4. The Labute approximate surface area is 111 Å². The predicted molar refractivity (Wildman–Crippen MR) is 75.8 cm³/mol. The lowest BCUT2D eigenvalue weighted by Crippen LogP contribution is -2.05. The van der Waals surface area contributed by atoms with Gasteiger partial charge in [-0.2, -0.15) is 0 Å². The fourth-order valence-corrected chi connectivity index (χ4v) is 5.17. The van der Waals surface area contributed by atoms with Gasteiger partial charge >= 0.3 is 0 Å². The molecule has 0 bridgehead atoms. The van der Waals surface area contributed by atoms with E-state index < -0.39 is 5.69 Å². The van der Waals surface area contributed by atoms with Crippen LogP contribution in [0.3, 0.4) is 0 Å². The van der Waals surface area contributed by atoms with Crippen LogP contribution in [0.2, 0.25) is 0 Å². The second-order valence-corrected chi connectivity index (χ2v) is 9.84. The van der Waals surface area contributed by atoms with Gasteiger partial charge in [0, 0.05) is 14.2 Å². The first kappa shape index (κ1) is 14.9. The molecule has 94 valence electrons. The van der Waals surface area contributed by atoms with Crippen molar-refractivity contribution in [2.75, 3.05) is 14.2 Å². The highest BCUT2D eigenvalue weighted by molar-refractivity contribution is 8.68. The molecule has 3 nitrogen and oxygen atoms in total. The monoisotopic (exact) mass is 290 g/mol. The largest absolute Gasteiger partial charge is 0.325 e. The van der Waals surface area contributed by atoms with Crippen molar-refractivity contribution >= 4 is 34.7 Å². The molecule has 0 aliphatic rings. The molecule has 0 saturated heterocycles. The standard InChI is InChI=1S/C11H15O3PS2/c1-9(12)11(10-7-5-4-6-8-10)17-15(16,13-2)14-3/h4-8,11H,1-3H3. The van der Waals surface area contributed by atoms with Crippen molar-refractivity contribution in [1.29, 1.82) is 0 Å². The summed E-state index contributed by atoms with van der Waals surface area (Å²) in [5.41, 5.74) is -1.50. The van der Waals surface area contributed by atoms with Gasteiger partial charge in [-0.3, -0.25) is 4.79 Å². The van der Waals surface area contributed by atoms with E-state index in [1.807, 2.05) is 30.3 Å². The summed E-state index contributed by atoms with van der Waals surface area (Å²) >= 11 is 6.56. The van der Waals surface area contributed by atoms with E-state index in [0.717, 1.165) is 5.56 Å². The lowest BCUT2D eigenvalue weighted by molar-refractivity contribution is -0.116. The average molecular weight is 290 g/mol. The SMILES string of the molecule is COP(=S)(OC)SC(C(C)=O)c1ccccc1. The van der Waals surface area contributed by atoms with Crippen LogP contribution < -0.4 is 0 Å². The first-order chi connectivity index (χ1) is 8.02. The summed E-state index contributed by atoms with van der Waals surface area (Å²) in [6, 6.07) is 9.52. The molecule has 0 aliphatic carbocycles. The molecule has 0 aliphatic heterocycles. The van der Waals surface area contributed by atoms with E-state index in [2.05, 4.69) is 0 Å². The molecular formula is C11H15O3PS2. The lowest BCUT2D eigenvalue weighted by atomic mass is 10.1. The van der Waals surface area contributed by atoms with Crippen LogP contribution in [0, 0.1) is 0 Å². The quantitative estimate of drug-likeness (QED) is 0.748. The summed E-state index contributed by atoms with van der Waals surface area (Å²) in [6.07, 6.45) is 0. The van der Waals surface area contributed by atoms with E-state index in [1.54, 1.807) is 6.92 Å². The minimum atomic E-state index is -2.43. The van der Waals surface area contributed by atoms with Crippen LogP contribution in [-0.4, -0.2) is 20.0 Å². The third-order valence-electron chi connectivity index (χ3n) is 2.15. The lowest BCUT2D eigenvalue weighted by Gasteiger charge is -2.22. The second kappa shape index (κ2) is 6.66. The topological polar surface area (TPSA) is 35.5 Å². The van der Waals surface area contributed by atoms with E-state index in [4.69, 9.17) is 20.9 Å². The normalized spacial score (nSPS) is 13.4. The minimum absolute atomic E-state index is 0.0459. The van der Waals surface area contributed by atoms with Crippen molar-refractivity contribution in [3.05, 3.63) is 35.9 Å². The summed E-state index contributed by atoms with van der Waals surface area (Å²) in [5.74, 6) is 0.0459. The van der Waals surface area contributed by atoms with E-state index >= 15 is 0 Å². The van der Waals surface area contributed by atoms with Crippen LogP contribution in [0.1, 0.15) is 17.7 Å². The van der Waals surface area contributed by atoms with Crippen LogP contribution in [0.15, 0.2) is 30.3 Å². The molecule has 0 saturated carbocycles. The Morgan fingerprint density at radius 1 is 1.29 bits per heavy atom. The summed E-state index contributed by atoms with van der Waals surface area (Å²) in [6.45, 7) is 1.55. The van der Waals surface area contributed by atoms with E-state index in [1.165, 1.54) is 25.6 Å². The number of hydrogen-bond acceptors (Lipinski definition) is 5. The first-order valence-corrected chi connectivity index (χ1v) is 9.10. The Morgan fingerprint density at radius 3 is 2.24 bits per heavy atom. The molecule has 0 aromatic heterocycles. The van der Waals surface area contributed by atoms with Gasteiger partial charge in [0.2, 0.25) is 5.69 Å². The molecule has 0 amide bonds. The van der Waals surface area contributed by atoms with E-state index in [0.29, 0.717) is 0 Å². The van der Waals surface area contributed by atoms with Gasteiger partial charge in [0.15, 0.2) is 0 Å². The van der Waals surface area contributed by atoms with Crippen molar-refractivity contribution < 1.29 is 13.8 Å². The number of carbonyl (C=O) groups is 1. The fourth-order valence-electron chi connectivity index (χ4n) is 1.29. The van der Waals surface area contributed by atoms with E-state index in [-0.39, 0.29) is 11.0 Å². The van der Waals surface area contributed by atoms with Crippen molar-refractivity contribution in [1.82, 2.24) is 0 Å². The molecule has 0 spiro atoms. The van der Waals surface area contributed by atoms with Gasteiger partial charge in [-0.25, -0.2) is 0 Å². The molecule has 1 unspecified atom stereocenters. The molecule has 0 heterocycles. The number of rotatable bonds is 6. The molecule has 17 heavy (non-hydrogen) atoms. The highest BCUT2D eigenvalue weighted by atomic mass is 32.9. The van der Waals surface area contributed by atoms with Crippen molar-refractivity contribution in [3.8, 4) is 0 Å². The zero-order valence-electron chi connectivity index (χ0n) is 9.95. The molecule has 1 rings (SSSR count). The Balaban J connectivity index is 2.97. The maximum absolute atomic E-state index is 11.7. The van der Waals surface area contributed by atoms with Gasteiger partial charge in [-0.05, 0) is 24.3 Å². The maximum atomic E-state index is 11.7. The number of benzene rings is 1. The molecule has 1 aromatic carbocycles. The van der Waals surface area contributed by atoms with Gasteiger partial charge in [-0.1, -0.05) is 41.7 Å². The zero-order chi connectivity index (χ0) is 12.9. The maximum Gasteiger partial charge on any atom is 0.247 e. The smallest absolute Gasteiger partial charge is 0.247 e. The first-order valence-electron chi connectivity index (χ1n) is 4.97.